The average Bonchev–Trinajstić information content (AvgIpc) is 2.83. The number of anilines is 1. The van der Waals surface area contributed by atoms with E-state index in [1.807, 2.05) is 25.2 Å². The summed E-state index contributed by atoms with van der Waals surface area (Å²) in [5.41, 5.74) is 0. The Bertz CT molecular complexity index is 555. The molecule has 0 bridgehead atoms. The molecule has 20 heavy (non-hydrogen) atoms. The summed E-state index contributed by atoms with van der Waals surface area (Å²) in [6.07, 6.45) is 1.78. The van der Waals surface area contributed by atoms with E-state index < -0.39 is 0 Å². The van der Waals surface area contributed by atoms with E-state index in [0.717, 1.165) is 0 Å². The van der Waals surface area contributed by atoms with Crippen molar-refractivity contribution >= 4 is 23.6 Å². The van der Waals surface area contributed by atoms with Gasteiger partial charge in [0.25, 0.3) is 0 Å². The van der Waals surface area contributed by atoms with Crippen LogP contribution in [0.3, 0.4) is 0 Å². The summed E-state index contributed by atoms with van der Waals surface area (Å²) in [4.78, 5) is 12.9. The van der Waals surface area contributed by atoms with Crippen molar-refractivity contribution in [2.75, 3.05) is 11.9 Å². The van der Waals surface area contributed by atoms with Crippen LogP contribution < -0.4 is 10.6 Å². The van der Waals surface area contributed by atoms with Crippen LogP contribution in [0.4, 0.5) is 10.6 Å². The third kappa shape index (κ3) is 4.62. The van der Waals surface area contributed by atoms with Crippen molar-refractivity contribution in [3.05, 3.63) is 42.6 Å². The number of nitrogens with zero attached hydrogens (tertiary/aromatic N) is 2. The monoisotopic (exact) mass is 290 g/mol. The Hall–Kier alpha value is -1.95. The topological polar surface area (TPSA) is 59.0 Å². The van der Waals surface area contributed by atoms with E-state index in [0.29, 0.717) is 17.6 Å². The first kappa shape index (κ1) is 14.5. The van der Waals surface area contributed by atoms with Crippen molar-refractivity contribution in [2.45, 2.75) is 17.1 Å². The number of carbonyl (C=O) groups is 1. The zero-order chi connectivity index (χ0) is 14.4. The first-order valence-electron chi connectivity index (χ1n) is 6.39. The van der Waals surface area contributed by atoms with Gasteiger partial charge in [-0.05, 0) is 12.1 Å². The molecule has 1 aromatic heterocycles. The lowest BCUT2D eigenvalue weighted by atomic mass is 10.4. The lowest BCUT2D eigenvalue weighted by Gasteiger charge is -2.12. The average molecular weight is 290 g/mol. The molecule has 6 heteroatoms. The fourth-order valence-electron chi connectivity index (χ4n) is 1.65. The summed E-state index contributed by atoms with van der Waals surface area (Å²) in [6.45, 7) is 2.68. The molecule has 5 nitrogen and oxygen atoms in total. The normalized spacial score (nSPS) is 11.9. The van der Waals surface area contributed by atoms with Gasteiger partial charge in [-0.2, -0.15) is 5.10 Å². The molecule has 0 radical (unpaired) electrons. The van der Waals surface area contributed by atoms with Crippen LogP contribution in [-0.2, 0) is 7.05 Å². The van der Waals surface area contributed by atoms with E-state index in [2.05, 4.69) is 34.8 Å². The Labute approximate surface area is 122 Å². The summed E-state index contributed by atoms with van der Waals surface area (Å²) >= 11 is 1.73. The molecule has 2 amide bonds. The minimum Gasteiger partial charge on any atom is -0.337 e. The van der Waals surface area contributed by atoms with Crippen LogP contribution in [-0.4, -0.2) is 27.6 Å². The van der Waals surface area contributed by atoms with Gasteiger partial charge in [0.05, 0.1) is 0 Å². The Morgan fingerprint density at radius 1 is 1.35 bits per heavy atom. The predicted molar refractivity (Wildman–Crippen MR) is 82.0 cm³/mol. The third-order valence-electron chi connectivity index (χ3n) is 2.59. The number of nitrogens with one attached hydrogen (secondary N) is 2. The van der Waals surface area contributed by atoms with Gasteiger partial charge in [-0.1, -0.05) is 25.1 Å². The number of hydrogen-bond acceptors (Lipinski definition) is 3. The molecule has 1 aromatic carbocycles. The van der Waals surface area contributed by atoms with Crippen LogP contribution in [0.15, 0.2) is 47.5 Å². The van der Waals surface area contributed by atoms with Crippen LogP contribution in [0.5, 0.6) is 0 Å². The molecule has 1 atom stereocenters. The van der Waals surface area contributed by atoms with Gasteiger partial charge >= 0.3 is 6.03 Å². The molecule has 1 heterocycles. The van der Waals surface area contributed by atoms with Gasteiger partial charge < -0.3 is 5.32 Å². The summed E-state index contributed by atoms with van der Waals surface area (Å²) in [6, 6.07) is 11.7. The van der Waals surface area contributed by atoms with Crippen LogP contribution in [0.1, 0.15) is 6.92 Å². The second-order valence-electron chi connectivity index (χ2n) is 4.45. The number of hydrogen-bond donors (Lipinski definition) is 2. The smallest absolute Gasteiger partial charge is 0.320 e. The number of aromatic nitrogens is 2. The minimum atomic E-state index is -0.232. The van der Waals surface area contributed by atoms with E-state index in [-0.39, 0.29) is 6.03 Å². The first-order chi connectivity index (χ1) is 9.63. The maximum Gasteiger partial charge on any atom is 0.320 e. The number of carbonyl (C=O) groups excluding carboxylic acids is 1. The van der Waals surface area contributed by atoms with E-state index >= 15 is 0 Å². The summed E-state index contributed by atoms with van der Waals surface area (Å²) < 4.78 is 1.64. The van der Waals surface area contributed by atoms with Crippen LogP contribution in [0.25, 0.3) is 0 Å². The molecule has 2 rings (SSSR count). The zero-order valence-electron chi connectivity index (χ0n) is 11.5. The van der Waals surface area contributed by atoms with Crippen molar-refractivity contribution in [1.82, 2.24) is 15.1 Å². The van der Waals surface area contributed by atoms with E-state index in [1.54, 1.807) is 28.7 Å². The Morgan fingerprint density at radius 3 is 2.75 bits per heavy atom. The molecular weight excluding hydrogens is 272 g/mol. The number of rotatable bonds is 5. The number of benzene rings is 1. The zero-order valence-corrected chi connectivity index (χ0v) is 12.4. The fraction of sp³-hybridized carbons (Fsp3) is 0.286. The van der Waals surface area contributed by atoms with E-state index in [1.165, 1.54) is 4.90 Å². The largest absolute Gasteiger partial charge is 0.337 e. The molecule has 0 spiro atoms. The van der Waals surface area contributed by atoms with Gasteiger partial charge in [0.1, 0.15) is 0 Å². The number of thioether (sulfide) groups is 1. The number of aryl methyl sites for hydroxylation is 1. The third-order valence-corrected chi connectivity index (χ3v) is 3.70. The predicted octanol–water partition coefficient (Wildman–Crippen LogP) is 2.72. The summed E-state index contributed by atoms with van der Waals surface area (Å²) in [5, 5.41) is 9.91. The highest BCUT2D eigenvalue weighted by molar-refractivity contribution is 8.00. The Kier molecular flexibility index (Phi) is 5.06. The molecule has 0 saturated heterocycles. The molecule has 0 saturated carbocycles. The van der Waals surface area contributed by atoms with Gasteiger partial charge in [0, 0.05) is 36.0 Å². The van der Waals surface area contributed by atoms with Crippen LogP contribution >= 0.6 is 11.8 Å². The maximum atomic E-state index is 11.7. The molecule has 2 aromatic rings. The van der Waals surface area contributed by atoms with Crippen molar-refractivity contribution in [1.29, 1.82) is 0 Å². The summed E-state index contributed by atoms with van der Waals surface area (Å²) in [5.74, 6) is 0.549. The molecular formula is C14H18N4OS. The van der Waals surface area contributed by atoms with Crippen LogP contribution in [0, 0.1) is 0 Å². The highest BCUT2D eigenvalue weighted by Crippen LogP contribution is 2.21. The van der Waals surface area contributed by atoms with Gasteiger partial charge in [-0.3, -0.25) is 10.00 Å². The van der Waals surface area contributed by atoms with Gasteiger partial charge in [0.15, 0.2) is 5.82 Å². The fourth-order valence-corrected chi connectivity index (χ4v) is 2.60. The molecule has 0 aliphatic rings. The number of urea groups is 1. The molecule has 0 aliphatic carbocycles. The van der Waals surface area contributed by atoms with E-state index in [9.17, 15) is 4.79 Å². The SMILES string of the molecule is C[C@H](CNC(=O)Nc1ccn(C)n1)Sc1ccccc1. The van der Waals surface area contributed by atoms with Gasteiger partial charge in [-0.25, -0.2) is 4.79 Å². The van der Waals surface area contributed by atoms with E-state index in [4.69, 9.17) is 0 Å². The highest BCUT2D eigenvalue weighted by Gasteiger charge is 2.08. The lowest BCUT2D eigenvalue weighted by Crippen LogP contribution is -2.33. The van der Waals surface area contributed by atoms with Crippen LogP contribution in [0.2, 0.25) is 0 Å². The Balaban J connectivity index is 1.73. The lowest BCUT2D eigenvalue weighted by molar-refractivity contribution is 0.252. The van der Waals surface area contributed by atoms with Crippen molar-refractivity contribution in [2.24, 2.45) is 7.05 Å². The van der Waals surface area contributed by atoms with Gasteiger partial charge in [0.2, 0.25) is 0 Å². The molecule has 0 unspecified atom stereocenters. The molecule has 106 valence electrons. The molecule has 0 aliphatic heterocycles. The minimum absolute atomic E-state index is 0.232. The maximum absolute atomic E-state index is 11.7. The van der Waals surface area contributed by atoms with Gasteiger partial charge in [-0.15, -0.1) is 11.8 Å². The van der Waals surface area contributed by atoms with Crippen molar-refractivity contribution < 1.29 is 4.79 Å². The highest BCUT2D eigenvalue weighted by atomic mass is 32.2. The first-order valence-corrected chi connectivity index (χ1v) is 7.27. The Morgan fingerprint density at radius 2 is 2.10 bits per heavy atom. The molecule has 0 fully saturated rings. The van der Waals surface area contributed by atoms with Crippen molar-refractivity contribution in [3.63, 3.8) is 0 Å². The number of amides is 2. The second kappa shape index (κ2) is 7.00. The summed E-state index contributed by atoms with van der Waals surface area (Å²) in [7, 11) is 1.81. The quantitative estimate of drug-likeness (QED) is 0.832. The van der Waals surface area contributed by atoms with Crippen molar-refractivity contribution in [3.8, 4) is 0 Å². The molecule has 2 N–H and O–H groups in total. The second-order valence-corrected chi connectivity index (χ2v) is 5.96. The standard InChI is InChI=1S/C14H18N4OS/c1-11(20-12-6-4-3-5-7-12)10-15-14(19)16-13-8-9-18(2)17-13/h3-9,11H,10H2,1-2H3,(H2,15,16,17,19)/t11-/m1/s1.